The van der Waals surface area contributed by atoms with Gasteiger partial charge in [0.1, 0.15) is 5.82 Å². The molecule has 0 aliphatic heterocycles. The Kier molecular flexibility index (Phi) is 6.50. The van der Waals surface area contributed by atoms with Crippen LogP contribution in [0.25, 0.3) is 0 Å². The Bertz CT molecular complexity index is 581. The van der Waals surface area contributed by atoms with E-state index < -0.39 is 0 Å². The molecule has 1 aromatic carbocycles. The lowest BCUT2D eigenvalue weighted by molar-refractivity contribution is 0.197. The van der Waals surface area contributed by atoms with Crippen molar-refractivity contribution in [1.29, 1.82) is 0 Å². The number of halogens is 1. The molecule has 2 rings (SSSR count). The summed E-state index contributed by atoms with van der Waals surface area (Å²) in [5.41, 5.74) is 0.664. The molecule has 0 saturated heterocycles. The summed E-state index contributed by atoms with van der Waals surface area (Å²) in [4.78, 5) is 4.29. The highest BCUT2D eigenvalue weighted by molar-refractivity contribution is 5.36. The van der Waals surface area contributed by atoms with Crippen molar-refractivity contribution in [2.75, 3.05) is 37.4 Å². The summed E-state index contributed by atoms with van der Waals surface area (Å²) in [5, 5.41) is 14.0. The Morgan fingerprint density at radius 2 is 2.05 bits per heavy atom. The Hall–Kier alpha value is -2.28. The molecular weight excluding hydrogens is 285 g/mol. The van der Waals surface area contributed by atoms with E-state index in [1.807, 2.05) is 6.07 Å². The smallest absolute Gasteiger partial charge is 0.244 e. The van der Waals surface area contributed by atoms with E-state index in [1.54, 1.807) is 25.4 Å². The third-order valence-electron chi connectivity index (χ3n) is 3.03. The van der Waals surface area contributed by atoms with E-state index in [2.05, 4.69) is 25.8 Å². The van der Waals surface area contributed by atoms with Crippen LogP contribution in [-0.4, -0.2) is 42.0 Å². The summed E-state index contributed by atoms with van der Waals surface area (Å²) >= 11 is 0. The lowest BCUT2D eigenvalue weighted by atomic mass is 10.1. The average molecular weight is 305 g/mol. The number of aromatic nitrogens is 3. The lowest BCUT2D eigenvalue weighted by Crippen LogP contribution is -2.12. The predicted octanol–water partition coefficient (Wildman–Crippen LogP) is 2.11. The quantitative estimate of drug-likeness (QED) is 0.691. The van der Waals surface area contributed by atoms with E-state index in [9.17, 15) is 4.39 Å². The maximum Gasteiger partial charge on any atom is 0.244 e. The van der Waals surface area contributed by atoms with Crippen molar-refractivity contribution in [1.82, 2.24) is 15.2 Å². The van der Waals surface area contributed by atoms with Crippen molar-refractivity contribution < 1.29 is 9.13 Å². The summed E-state index contributed by atoms with van der Waals surface area (Å²) < 4.78 is 18.5. The molecule has 1 heterocycles. The highest BCUT2D eigenvalue weighted by atomic mass is 19.1. The van der Waals surface area contributed by atoms with Gasteiger partial charge in [0, 0.05) is 26.8 Å². The van der Waals surface area contributed by atoms with Crippen LogP contribution < -0.4 is 10.6 Å². The van der Waals surface area contributed by atoms with Gasteiger partial charge in [-0.25, -0.2) is 4.39 Å². The molecule has 0 bridgehead atoms. The van der Waals surface area contributed by atoms with Gasteiger partial charge in [0.05, 0.1) is 6.20 Å². The molecule has 1 aromatic heterocycles. The number of rotatable bonds is 9. The maximum atomic E-state index is 13.5. The summed E-state index contributed by atoms with van der Waals surface area (Å²) in [6.07, 6.45) is 3.01. The summed E-state index contributed by atoms with van der Waals surface area (Å²) in [6, 6.07) is 6.72. The van der Waals surface area contributed by atoms with E-state index >= 15 is 0 Å². The molecule has 6 nitrogen and oxygen atoms in total. The fourth-order valence-electron chi connectivity index (χ4n) is 1.91. The number of nitrogens with zero attached hydrogens (tertiary/aromatic N) is 3. The van der Waals surface area contributed by atoms with Crippen LogP contribution in [0.3, 0.4) is 0 Å². The second-order valence-electron chi connectivity index (χ2n) is 4.71. The number of methoxy groups -OCH3 is 1. The first-order valence-corrected chi connectivity index (χ1v) is 7.19. The van der Waals surface area contributed by atoms with E-state index in [0.717, 1.165) is 13.0 Å². The summed E-state index contributed by atoms with van der Waals surface area (Å²) in [5.74, 6) is 0.879. The topological polar surface area (TPSA) is 72.0 Å². The van der Waals surface area contributed by atoms with Crippen LogP contribution >= 0.6 is 0 Å². The molecular formula is C15H20FN5O. The van der Waals surface area contributed by atoms with Gasteiger partial charge in [-0.1, -0.05) is 18.2 Å². The van der Waals surface area contributed by atoms with Crippen molar-refractivity contribution in [3.05, 3.63) is 41.8 Å². The average Bonchev–Trinajstić information content (AvgIpc) is 2.54. The number of benzene rings is 1. The number of nitrogens with one attached hydrogen (secondary N) is 2. The van der Waals surface area contributed by atoms with Gasteiger partial charge in [0.15, 0.2) is 5.82 Å². The molecule has 2 aromatic rings. The van der Waals surface area contributed by atoms with E-state index in [-0.39, 0.29) is 5.82 Å². The van der Waals surface area contributed by atoms with Crippen LogP contribution in [-0.2, 0) is 11.2 Å². The minimum atomic E-state index is -0.197. The number of hydrogen-bond acceptors (Lipinski definition) is 6. The van der Waals surface area contributed by atoms with Gasteiger partial charge < -0.3 is 15.4 Å². The minimum absolute atomic E-state index is 0.197. The van der Waals surface area contributed by atoms with Crippen LogP contribution in [0.4, 0.5) is 16.2 Å². The molecule has 0 spiro atoms. The fourth-order valence-corrected chi connectivity index (χ4v) is 1.91. The van der Waals surface area contributed by atoms with Gasteiger partial charge in [-0.15, -0.1) is 5.10 Å². The van der Waals surface area contributed by atoms with Crippen LogP contribution in [0.2, 0.25) is 0 Å². The van der Waals surface area contributed by atoms with E-state index in [1.165, 1.54) is 6.07 Å². The fraction of sp³-hybridized carbons (Fsp3) is 0.400. The highest BCUT2D eigenvalue weighted by Crippen LogP contribution is 2.08. The number of hydrogen-bond donors (Lipinski definition) is 2. The summed E-state index contributed by atoms with van der Waals surface area (Å²) in [7, 11) is 1.67. The van der Waals surface area contributed by atoms with Crippen LogP contribution in [0.5, 0.6) is 0 Å². The molecule has 22 heavy (non-hydrogen) atoms. The molecule has 0 saturated carbocycles. The zero-order valence-electron chi connectivity index (χ0n) is 12.6. The zero-order valence-corrected chi connectivity index (χ0v) is 12.6. The molecule has 118 valence electrons. The molecule has 0 unspecified atom stereocenters. The standard InChI is InChI=1S/C15H20FN5O/c1-22-10-4-8-17-14-11-19-21-15(20-14)18-9-7-12-5-2-3-6-13(12)16/h2-3,5-6,11H,4,7-10H2,1H3,(H2,17,18,20,21). The second kappa shape index (κ2) is 8.89. The first-order chi connectivity index (χ1) is 10.8. The SMILES string of the molecule is COCCCNc1cnnc(NCCc2ccccc2F)n1. The molecule has 0 fully saturated rings. The number of anilines is 2. The molecule has 0 aliphatic carbocycles. The number of ether oxygens (including phenoxy) is 1. The zero-order chi connectivity index (χ0) is 15.6. The molecule has 2 N–H and O–H groups in total. The normalized spacial score (nSPS) is 10.5. The first-order valence-electron chi connectivity index (χ1n) is 7.19. The highest BCUT2D eigenvalue weighted by Gasteiger charge is 2.02. The van der Waals surface area contributed by atoms with Crippen molar-refractivity contribution >= 4 is 11.8 Å². The van der Waals surface area contributed by atoms with Crippen molar-refractivity contribution in [2.24, 2.45) is 0 Å². The van der Waals surface area contributed by atoms with Gasteiger partial charge in [-0.2, -0.15) is 10.1 Å². The second-order valence-corrected chi connectivity index (χ2v) is 4.71. The summed E-state index contributed by atoms with van der Waals surface area (Å²) in [6.45, 7) is 1.98. The molecule has 0 aliphatic rings. The van der Waals surface area contributed by atoms with Crippen molar-refractivity contribution in [3.63, 3.8) is 0 Å². The van der Waals surface area contributed by atoms with Gasteiger partial charge in [-0.05, 0) is 24.5 Å². The minimum Gasteiger partial charge on any atom is -0.385 e. The monoisotopic (exact) mass is 305 g/mol. The van der Waals surface area contributed by atoms with Crippen LogP contribution in [0, 0.1) is 5.82 Å². The Morgan fingerprint density at radius 3 is 2.86 bits per heavy atom. The van der Waals surface area contributed by atoms with Crippen LogP contribution in [0.15, 0.2) is 30.5 Å². The molecule has 0 amide bonds. The Morgan fingerprint density at radius 1 is 1.18 bits per heavy atom. The predicted molar refractivity (Wildman–Crippen MR) is 83.4 cm³/mol. The lowest BCUT2D eigenvalue weighted by Gasteiger charge is -2.08. The first kappa shape index (κ1) is 16.1. The Balaban J connectivity index is 1.79. The largest absolute Gasteiger partial charge is 0.385 e. The van der Waals surface area contributed by atoms with Gasteiger partial charge in [-0.3, -0.25) is 0 Å². The van der Waals surface area contributed by atoms with Gasteiger partial charge in [0.2, 0.25) is 5.95 Å². The van der Waals surface area contributed by atoms with E-state index in [0.29, 0.717) is 36.9 Å². The van der Waals surface area contributed by atoms with Gasteiger partial charge in [0.25, 0.3) is 0 Å². The van der Waals surface area contributed by atoms with E-state index in [4.69, 9.17) is 4.74 Å². The van der Waals surface area contributed by atoms with Crippen molar-refractivity contribution in [3.8, 4) is 0 Å². The van der Waals surface area contributed by atoms with Crippen LogP contribution in [0.1, 0.15) is 12.0 Å². The Labute approximate surface area is 129 Å². The molecule has 0 radical (unpaired) electrons. The van der Waals surface area contributed by atoms with Gasteiger partial charge >= 0.3 is 0 Å². The molecule has 0 atom stereocenters. The maximum absolute atomic E-state index is 13.5. The van der Waals surface area contributed by atoms with Crippen molar-refractivity contribution in [2.45, 2.75) is 12.8 Å². The third-order valence-corrected chi connectivity index (χ3v) is 3.03. The third kappa shape index (κ3) is 5.25. The molecule has 7 heteroatoms.